The van der Waals surface area contributed by atoms with E-state index in [-0.39, 0.29) is 17.9 Å². The summed E-state index contributed by atoms with van der Waals surface area (Å²) in [5.41, 5.74) is 6.70. The van der Waals surface area contributed by atoms with Gasteiger partial charge in [-0.25, -0.2) is 0 Å². The number of carbonyl (C=O) groups excluding carboxylic acids is 1. The molecule has 1 saturated carbocycles. The minimum atomic E-state index is -0.0821. The van der Waals surface area contributed by atoms with Crippen LogP contribution in [0.2, 0.25) is 10.0 Å². The first-order chi connectivity index (χ1) is 9.95. The summed E-state index contributed by atoms with van der Waals surface area (Å²) in [7, 11) is 1.84. The first-order valence-electron chi connectivity index (χ1n) is 7.37. The van der Waals surface area contributed by atoms with Crippen LogP contribution >= 0.6 is 23.2 Å². The third-order valence-electron chi connectivity index (χ3n) is 4.62. The van der Waals surface area contributed by atoms with E-state index in [4.69, 9.17) is 28.9 Å². The zero-order valence-corrected chi connectivity index (χ0v) is 14.0. The summed E-state index contributed by atoms with van der Waals surface area (Å²) in [5.74, 6) is 0.530. The molecule has 3 atom stereocenters. The van der Waals surface area contributed by atoms with Gasteiger partial charge in [-0.05, 0) is 49.9 Å². The molecule has 21 heavy (non-hydrogen) atoms. The molecule has 1 aromatic rings. The van der Waals surface area contributed by atoms with Crippen molar-refractivity contribution in [3.63, 3.8) is 0 Å². The van der Waals surface area contributed by atoms with Gasteiger partial charge < -0.3 is 10.6 Å². The second-order valence-corrected chi connectivity index (χ2v) is 6.67. The Morgan fingerprint density at radius 2 is 2.14 bits per heavy atom. The van der Waals surface area contributed by atoms with Crippen LogP contribution in [0.1, 0.15) is 37.8 Å². The van der Waals surface area contributed by atoms with E-state index in [0.29, 0.717) is 22.5 Å². The summed E-state index contributed by atoms with van der Waals surface area (Å²) >= 11 is 12.2. The molecule has 0 radical (unpaired) electrons. The Kier molecular flexibility index (Phi) is 5.53. The number of halogens is 2. The van der Waals surface area contributed by atoms with Crippen molar-refractivity contribution in [3.05, 3.63) is 33.8 Å². The maximum atomic E-state index is 12.7. The zero-order chi connectivity index (χ0) is 15.6. The summed E-state index contributed by atoms with van der Waals surface area (Å²) in [4.78, 5) is 14.5. The van der Waals surface area contributed by atoms with Crippen molar-refractivity contribution < 1.29 is 4.79 Å². The predicted molar refractivity (Wildman–Crippen MR) is 87.5 cm³/mol. The minimum Gasteiger partial charge on any atom is -0.339 e. The summed E-state index contributed by atoms with van der Waals surface area (Å²) < 4.78 is 0. The van der Waals surface area contributed by atoms with Gasteiger partial charge in [0.05, 0.1) is 6.04 Å². The molecule has 0 saturated heterocycles. The Bertz CT molecular complexity index is 521. The lowest BCUT2D eigenvalue weighted by molar-refractivity contribution is -0.137. The number of benzene rings is 1. The van der Waals surface area contributed by atoms with Crippen LogP contribution in [0.25, 0.3) is 0 Å². The molecule has 2 rings (SSSR count). The lowest BCUT2D eigenvalue weighted by atomic mass is 9.94. The van der Waals surface area contributed by atoms with Crippen molar-refractivity contribution in [3.8, 4) is 0 Å². The fraction of sp³-hybridized carbons (Fsp3) is 0.562. The van der Waals surface area contributed by atoms with Gasteiger partial charge in [-0.15, -0.1) is 0 Å². The van der Waals surface area contributed by atoms with E-state index in [2.05, 4.69) is 0 Å². The van der Waals surface area contributed by atoms with Gasteiger partial charge in [-0.1, -0.05) is 35.7 Å². The number of nitrogens with zero attached hydrogens (tertiary/aromatic N) is 1. The van der Waals surface area contributed by atoms with E-state index in [1.54, 1.807) is 17.0 Å². The number of rotatable bonds is 4. The van der Waals surface area contributed by atoms with Crippen LogP contribution < -0.4 is 5.73 Å². The molecule has 1 aliphatic carbocycles. The quantitative estimate of drug-likeness (QED) is 0.911. The third-order valence-corrected chi connectivity index (χ3v) is 5.18. The van der Waals surface area contributed by atoms with E-state index in [1.165, 1.54) is 0 Å². The number of hydrogen-bond donors (Lipinski definition) is 1. The Morgan fingerprint density at radius 3 is 2.76 bits per heavy atom. The number of amides is 1. The van der Waals surface area contributed by atoms with E-state index in [0.717, 1.165) is 24.8 Å². The van der Waals surface area contributed by atoms with Crippen molar-refractivity contribution in [1.82, 2.24) is 4.90 Å². The second kappa shape index (κ2) is 6.99. The number of carbonyl (C=O) groups is 1. The number of hydrogen-bond acceptors (Lipinski definition) is 2. The van der Waals surface area contributed by atoms with E-state index < -0.39 is 0 Å². The lowest BCUT2D eigenvalue weighted by Gasteiger charge is -2.30. The molecule has 1 unspecified atom stereocenters. The summed E-state index contributed by atoms with van der Waals surface area (Å²) in [6.07, 6.45) is 3.07. The number of nitrogens with two attached hydrogens (primary N) is 1. The predicted octanol–water partition coefficient (Wildman–Crippen LogP) is 3.89. The smallest absolute Gasteiger partial charge is 0.226 e. The molecule has 2 N–H and O–H groups in total. The molecule has 3 nitrogen and oxygen atoms in total. The van der Waals surface area contributed by atoms with Gasteiger partial charge in [0.2, 0.25) is 5.91 Å². The average Bonchev–Trinajstić information content (AvgIpc) is 2.93. The van der Waals surface area contributed by atoms with Crippen LogP contribution in [-0.2, 0) is 4.79 Å². The van der Waals surface area contributed by atoms with Gasteiger partial charge in [0, 0.05) is 23.0 Å². The Labute approximate surface area is 136 Å². The fourth-order valence-electron chi connectivity index (χ4n) is 3.15. The van der Waals surface area contributed by atoms with Crippen LogP contribution in [0, 0.1) is 11.8 Å². The van der Waals surface area contributed by atoms with Crippen LogP contribution in [-0.4, -0.2) is 24.4 Å². The van der Waals surface area contributed by atoms with Gasteiger partial charge in [0.15, 0.2) is 0 Å². The molecular formula is C16H22Cl2N2O. The van der Waals surface area contributed by atoms with E-state index >= 15 is 0 Å². The first-order valence-corrected chi connectivity index (χ1v) is 8.13. The second-order valence-electron chi connectivity index (χ2n) is 5.82. The van der Waals surface area contributed by atoms with Crippen molar-refractivity contribution in [2.24, 2.45) is 17.6 Å². The first kappa shape index (κ1) is 16.6. The van der Waals surface area contributed by atoms with Gasteiger partial charge in [-0.2, -0.15) is 0 Å². The SMILES string of the molecule is CC(c1ccc(Cl)cc1Cl)N(C)C(=O)[C@@H]1CCC[C@@H]1CN. The van der Waals surface area contributed by atoms with Crippen LogP contribution in [0.15, 0.2) is 18.2 Å². The fourth-order valence-corrected chi connectivity index (χ4v) is 3.71. The van der Waals surface area contributed by atoms with Crippen molar-refractivity contribution in [2.75, 3.05) is 13.6 Å². The summed E-state index contributed by atoms with van der Waals surface area (Å²) in [5, 5.41) is 1.19. The van der Waals surface area contributed by atoms with E-state index in [1.807, 2.05) is 20.0 Å². The van der Waals surface area contributed by atoms with Gasteiger partial charge in [0.1, 0.15) is 0 Å². The molecule has 116 valence electrons. The van der Waals surface area contributed by atoms with E-state index in [9.17, 15) is 4.79 Å². The highest BCUT2D eigenvalue weighted by molar-refractivity contribution is 6.35. The van der Waals surface area contributed by atoms with Crippen molar-refractivity contribution >= 4 is 29.1 Å². The minimum absolute atomic E-state index is 0.0496. The van der Waals surface area contributed by atoms with Gasteiger partial charge in [0.25, 0.3) is 0 Å². The van der Waals surface area contributed by atoms with Crippen LogP contribution in [0.5, 0.6) is 0 Å². The molecule has 5 heteroatoms. The molecule has 1 aliphatic rings. The molecule has 0 bridgehead atoms. The molecule has 0 spiro atoms. The zero-order valence-electron chi connectivity index (χ0n) is 12.5. The normalized spacial score (nSPS) is 23.1. The molecule has 1 aromatic carbocycles. The third kappa shape index (κ3) is 3.53. The maximum absolute atomic E-state index is 12.7. The van der Waals surface area contributed by atoms with Crippen LogP contribution in [0.3, 0.4) is 0 Å². The summed E-state index contributed by atoms with van der Waals surface area (Å²) in [6.45, 7) is 2.57. The van der Waals surface area contributed by atoms with Gasteiger partial charge in [-0.3, -0.25) is 4.79 Å². The molecular weight excluding hydrogens is 307 g/mol. The highest BCUT2D eigenvalue weighted by Gasteiger charge is 2.35. The standard InChI is InChI=1S/C16H22Cl2N2O/c1-10(13-7-6-12(17)8-15(13)18)20(2)16(21)14-5-3-4-11(14)9-19/h6-8,10-11,14H,3-5,9,19H2,1-2H3/t10?,11-,14-/m1/s1. The van der Waals surface area contributed by atoms with Crippen molar-refractivity contribution in [1.29, 1.82) is 0 Å². The highest BCUT2D eigenvalue weighted by atomic mass is 35.5. The average molecular weight is 329 g/mol. The Hall–Kier alpha value is -0.770. The lowest BCUT2D eigenvalue weighted by Crippen LogP contribution is -2.38. The molecule has 0 aromatic heterocycles. The molecule has 0 aliphatic heterocycles. The largest absolute Gasteiger partial charge is 0.339 e. The van der Waals surface area contributed by atoms with Crippen molar-refractivity contribution in [2.45, 2.75) is 32.2 Å². The molecule has 1 amide bonds. The highest BCUT2D eigenvalue weighted by Crippen LogP contribution is 2.35. The van der Waals surface area contributed by atoms with Gasteiger partial charge >= 0.3 is 0 Å². The summed E-state index contributed by atoms with van der Waals surface area (Å²) in [6, 6.07) is 5.32. The topological polar surface area (TPSA) is 46.3 Å². The maximum Gasteiger partial charge on any atom is 0.226 e. The van der Waals surface area contributed by atoms with Crippen LogP contribution in [0.4, 0.5) is 0 Å². The Morgan fingerprint density at radius 1 is 1.43 bits per heavy atom. The molecule has 0 heterocycles. The molecule has 1 fully saturated rings. The Balaban J connectivity index is 2.14. The monoisotopic (exact) mass is 328 g/mol.